The summed E-state index contributed by atoms with van der Waals surface area (Å²) in [7, 11) is 2.94. The number of ketones is 1. The number of benzene rings is 2. The van der Waals surface area contributed by atoms with Crippen molar-refractivity contribution in [1.82, 2.24) is 0 Å². The number of aryl methyl sites for hydroxylation is 1. The van der Waals surface area contributed by atoms with Crippen LogP contribution >= 0.6 is 0 Å². The van der Waals surface area contributed by atoms with E-state index in [1.54, 1.807) is 37.3 Å². The van der Waals surface area contributed by atoms with E-state index in [1.165, 1.54) is 27.2 Å². The van der Waals surface area contributed by atoms with Crippen LogP contribution in [0.25, 0.3) is 0 Å². The van der Waals surface area contributed by atoms with Crippen LogP contribution in [0.4, 0.5) is 5.69 Å². The molecule has 2 aromatic carbocycles. The number of esters is 1. The van der Waals surface area contributed by atoms with Crippen LogP contribution in [0.2, 0.25) is 0 Å². The number of amides is 1. The van der Waals surface area contributed by atoms with Gasteiger partial charge in [0, 0.05) is 13.0 Å². The summed E-state index contributed by atoms with van der Waals surface area (Å²) in [6.45, 7) is 2.64. The number of Topliss-reactive ketones (excluding diaryl/α,β-unsaturated/α-hetero) is 1. The van der Waals surface area contributed by atoms with Crippen molar-refractivity contribution >= 4 is 23.3 Å². The second-order valence-electron chi connectivity index (χ2n) is 5.74. The zero-order valence-electron chi connectivity index (χ0n) is 15.6. The minimum absolute atomic E-state index is 0.180. The largest absolute Gasteiger partial charge is 0.497 e. The van der Waals surface area contributed by atoms with Gasteiger partial charge in [0.05, 0.1) is 31.0 Å². The second-order valence-corrected chi connectivity index (χ2v) is 5.74. The predicted octanol–water partition coefficient (Wildman–Crippen LogP) is 3.01. The van der Waals surface area contributed by atoms with Crippen LogP contribution in [-0.4, -0.2) is 38.5 Å². The Balaban J connectivity index is 2.15. The minimum Gasteiger partial charge on any atom is -0.497 e. The number of para-hydroxylation sites is 1. The van der Waals surface area contributed by atoms with Gasteiger partial charge in [0.1, 0.15) is 11.5 Å². The number of nitrogens with one attached hydrogen (secondary N) is 1. The molecule has 0 heterocycles. The van der Waals surface area contributed by atoms with Gasteiger partial charge in [0.25, 0.3) is 0 Å². The van der Waals surface area contributed by atoms with Crippen molar-refractivity contribution in [3.63, 3.8) is 0 Å². The molecule has 0 radical (unpaired) electrons. The first kappa shape index (κ1) is 20.0. The molecule has 0 fully saturated rings. The van der Waals surface area contributed by atoms with Crippen molar-refractivity contribution in [1.29, 1.82) is 0 Å². The van der Waals surface area contributed by atoms with E-state index in [0.717, 1.165) is 0 Å². The van der Waals surface area contributed by atoms with Crippen LogP contribution < -0.4 is 14.8 Å². The fourth-order valence-electron chi connectivity index (χ4n) is 2.50. The molecule has 0 saturated carbocycles. The van der Waals surface area contributed by atoms with Crippen molar-refractivity contribution in [3.05, 3.63) is 53.1 Å². The van der Waals surface area contributed by atoms with Gasteiger partial charge in [0.15, 0.2) is 6.61 Å². The highest BCUT2D eigenvalue weighted by Gasteiger charge is 2.19. The molecular formula is C20H21NO6. The summed E-state index contributed by atoms with van der Waals surface area (Å²) in [5.74, 6) is -0.567. The van der Waals surface area contributed by atoms with Gasteiger partial charge in [-0.05, 0) is 30.7 Å². The smallest absolute Gasteiger partial charge is 0.340 e. The number of ether oxygens (including phenoxy) is 3. The molecule has 142 valence electrons. The average molecular weight is 371 g/mol. The van der Waals surface area contributed by atoms with Gasteiger partial charge in [-0.1, -0.05) is 12.1 Å². The topological polar surface area (TPSA) is 90.9 Å². The van der Waals surface area contributed by atoms with E-state index in [4.69, 9.17) is 14.2 Å². The molecule has 27 heavy (non-hydrogen) atoms. The average Bonchev–Trinajstić information content (AvgIpc) is 2.66. The Labute approximate surface area is 157 Å². The molecule has 0 atom stereocenters. The molecule has 2 aromatic rings. The molecule has 7 nitrogen and oxygen atoms in total. The normalized spacial score (nSPS) is 10.1. The number of anilines is 1. The molecule has 1 N–H and O–H groups in total. The van der Waals surface area contributed by atoms with E-state index in [0.29, 0.717) is 22.7 Å². The van der Waals surface area contributed by atoms with Gasteiger partial charge in [-0.2, -0.15) is 0 Å². The second kappa shape index (κ2) is 8.84. The molecule has 0 spiro atoms. The monoisotopic (exact) mass is 371 g/mol. The van der Waals surface area contributed by atoms with E-state index in [1.807, 2.05) is 0 Å². The van der Waals surface area contributed by atoms with Crippen molar-refractivity contribution < 1.29 is 28.6 Å². The van der Waals surface area contributed by atoms with Crippen LogP contribution in [0, 0.1) is 6.92 Å². The fourth-order valence-corrected chi connectivity index (χ4v) is 2.50. The summed E-state index contributed by atoms with van der Waals surface area (Å²) in [6.07, 6.45) is 0. The zero-order valence-corrected chi connectivity index (χ0v) is 15.6. The highest BCUT2D eigenvalue weighted by Crippen LogP contribution is 2.25. The highest BCUT2D eigenvalue weighted by molar-refractivity contribution is 6.04. The molecule has 7 heteroatoms. The van der Waals surface area contributed by atoms with Crippen molar-refractivity contribution in [2.24, 2.45) is 0 Å². The lowest BCUT2D eigenvalue weighted by atomic mass is 10.1. The maximum Gasteiger partial charge on any atom is 0.340 e. The van der Waals surface area contributed by atoms with E-state index >= 15 is 0 Å². The third-order valence-corrected chi connectivity index (χ3v) is 3.84. The molecule has 0 aromatic heterocycles. The Hall–Kier alpha value is -3.35. The predicted molar refractivity (Wildman–Crippen MR) is 99.6 cm³/mol. The Morgan fingerprint density at radius 1 is 1.00 bits per heavy atom. The molecule has 1 amide bonds. The summed E-state index contributed by atoms with van der Waals surface area (Å²) >= 11 is 0. The number of methoxy groups -OCH3 is 2. The summed E-state index contributed by atoms with van der Waals surface area (Å²) in [4.78, 5) is 36.2. The van der Waals surface area contributed by atoms with Gasteiger partial charge in [-0.3, -0.25) is 9.59 Å². The van der Waals surface area contributed by atoms with E-state index in [2.05, 4.69) is 5.32 Å². The SMILES string of the molecule is COc1ccc(C(=O)COC(=O)c2cccc(C)c2NC(C)=O)c(OC)c1. The van der Waals surface area contributed by atoms with Crippen molar-refractivity contribution in [2.75, 3.05) is 26.1 Å². The first-order chi connectivity index (χ1) is 12.9. The van der Waals surface area contributed by atoms with E-state index in [9.17, 15) is 14.4 Å². The van der Waals surface area contributed by atoms with Crippen LogP contribution in [0.15, 0.2) is 36.4 Å². The van der Waals surface area contributed by atoms with E-state index in [-0.39, 0.29) is 17.0 Å². The summed E-state index contributed by atoms with van der Waals surface area (Å²) < 4.78 is 15.4. The summed E-state index contributed by atoms with van der Waals surface area (Å²) in [5.41, 5.74) is 1.53. The zero-order chi connectivity index (χ0) is 20.0. The molecule has 0 aliphatic rings. The Bertz CT molecular complexity index is 875. The fraction of sp³-hybridized carbons (Fsp3) is 0.250. The lowest BCUT2D eigenvalue weighted by molar-refractivity contribution is -0.114. The number of rotatable bonds is 7. The maximum atomic E-state index is 12.4. The third-order valence-electron chi connectivity index (χ3n) is 3.84. The molecule has 0 aliphatic carbocycles. The van der Waals surface area contributed by atoms with Crippen molar-refractivity contribution in [2.45, 2.75) is 13.8 Å². The first-order valence-electron chi connectivity index (χ1n) is 8.17. The molecular weight excluding hydrogens is 350 g/mol. The third kappa shape index (κ3) is 4.84. The van der Waals surface area contributed by atoms with Gasteiger partial charge >= 0.3 is 5.97 Å². The molecule has 0 aliphatic heterocycles. The Morgan fingerprint density at radius 3 is 2.37 bits per heavy atom. The van der Waals surface area contributed by atoms with Crippen LogP contribution in [-0.2, 0) is 9.53 Å². The summed E-state index contributed by atoms with van der Waals surface area (Å²) in [5, 5.41) is 2.61. The Kier molecular flexibility index (Phi) is 6.54. The standard InChI is InChI=1S/C20H21NO6/c1-12-6-5-7-16(19(12)21-13(2)22)20(24)27-11-17(23)15-9-8-14(25-3)10-18(15)26-4/h5-10H,11H2,1-4H3,(H,21,22). The van der Waals surface area contributed by atoms with Gasteiger partial charge in [-0.25, -0.2) is 4.79 Å². The lowest BCUT2D eigenvalue weighted by Gasteiger charge is -2.13. The van der Waals surface area contributed by atoms with Crippen molar-refractivity contribution in [3.8, 4) is 11.5 Å². The molecule has 0 saturated heterocycles. The quantitative estimate of drug-likeness (QED) is 0.594. The minimum atomic E-state index is -0.705. The molecule has 2 rings (SSSR count). The van der Waals surface area contributed by atoms with Crippen LogP contribution in [0.1, 0.15) is 33.2 Å². The maximum absolute atomic E-state index is 12.4. The lowest BCUT2D eigenvalue weighted by Crippen LogP contribution is -2.18. The van der Waals surface area contributed by atoms with Gasteiger partial charge in [0.2, 0.25) is 11.7 Å². The van der Waals surface area contributed by atoms with Crippen LogP contribution in [0.3, 0.4) is 0 Å². The first-order valence-corrected chi connectivity index (χ1v) is 8.17. The van der Waals surface area contributed by atoms with Gasteiger partial charge in [-0.15, -0.1) is 0 Å². The highest BCUT2D eigenvalue weighted by atomic mass is 16.5. The van der Waals surface area contributed by atoms with Gasteiger partial charge < -0.3 is 19.5 Å². The van der Waals surface area contributed by atoms with Crippen LogP contribution in [0.5, 0.6) is 11.5 Å². The number of hydrogen-bond acceptors (Lipinski definition) is 6. The number of carbonyl (C=O) groups is 3. The molecule has 0 unspecified atom stereocenters. The number of hydrogen-bond donors (Lipinski definition) is 1. The summed E-state index contributed by atoms with van der Waals surface area (Å²) in [6, 6.07) is 9.70. The Morgan fingerprint density at radius 2 is 1.74 bits per heavy atom. The molecule has 0 bridgehead atoms. The van der Waals surface area contributed by atoms with E-state index < -0.39 is 18.4 Å². The number of carbonyl (C=O) groups excluding carboxylic acids is 3.